The van der Waals surface area contributed by atoms with Gasteiger partial charge in [0.1, 0.15) is 5.69 Å². The minimum atomic E-state index is -0.659. The molecule has 3 aliphatic rings. The Balaban J connectivity index is 1.52. The van der Waals surface area contributed by atoms with E-state index in [9.17, 15) is 9.59 Å². The molecule has 5 heterocycles. The highest BCUT2D eigenvalue weighted by atomic mass is 32.1. The molecule has 3 fully saturated rings. The number of nitrogens with one attached hydrogen (secondary N) is 1. The van der Waals surface area contributed by atoms with Crippen LogP contribution in [0.4, 0.5) is 0 Å². The van der Waals surface area contributed by atoms with Crippen LogP contribution in [0.2, 0.25) is 0 Å². The molecule has 0 aromatic carbocycles. The molecular formula is C18H18N4O2S. The van der Waals surface area contributed by atoms with E-state index in [1.807, 2.05) is 6.07 Å². The van der Waals surface area contributed by atoms with Gasteiger partial charge in [0.2, 0.25) is 0 Å². The number of amides is 2. The van der Waals surface area contributed by atoms with Gasteiger partial charge in [-0.3, -0.25) is 14.6 Å². The number of rotatable bonds is 2. The molecule has 3 saturated heterocycles. The van der Waals surface area contributed by atoms with Gasteiger partial charge in [-0.1, -0.05) is 0 Å². The molecule has 0 aliphatic carbocycles. The monoisotopic (exact) mass is 354 g/mol. The van der Waals surface area contributed by atoms with Crippen LogP contribution in [0.1, 0.15) is 28.2 Å². The summed E-state index contributed by atoms with van der Waals surface area (Å²) in [7, 11) is 0. The summed E-state index contributed by atoms with van der Waals surface area (Å²) >= 11 is 1.42. The maximum atomic E-state index is 12.6. The average molecular weight is 354 g/mol. The molecule has 3 N–H and O–H groups in total. The zero-order valence-corrected chi connectivity index (χ0v) is 14.4. The second-order valence-corrected chi connectivity index (χ2v) is 7.63. The molecule has 5 rings (SSSR count). The molecule has 2 amide bonds. The van der Waals surface area contributed by atoms with E-state index in [4.69, 9.17) is 5.73 Å². The smallest absolute Gasteiger partial charge is 0.293 e. The Morgan fingerprint density at radius 1 is 1.32 bits per heavy atom. The van der Waals surface area contributed by atoms with Crippen LogP contribution in [0.3, 0.4) is 0 Å². The Hall–Kier alpha value is -2.43. The minimum Gasteiger partial charge on any atom is -0.359 e. The predicted molar refractivity (Wildman–Crippen MR) is 96.1 cm³/mol. The van der Waals surface area contributed by atoms with Crippen molar-refractivity contribution >= 4 is 33.2 Å². The van der Waals surface area contributed by atoms with Gasteiger partial charge >= 0.3 is 0 Å². The van der Waals surface area contributed by atoms with Crippen molar-refractivity contribution in [1.29, 1.82) is 0 Å². The summed E-state index contributed by atoms with van der Waals surface area (Å²) < 4.78 is 0.919. The van der Waals surface area contributed by atoms with Crippen LogP contribution in [0.5, 0.6) is 0 Å². The Morgan fingerprint density at radius 3 is 2.80 bits per heavy atom. The number of primary amides is 1. The van der Waals surface area contributed by atoms with Crippen molar-refractivity contribution in [1.82, 2.24) is 15.2 Å². The zero-order valence-electron chi connectivity index (χ0n) is 13.6. The van der Waals surface area contributed by atoms with Crippen molar-refractivity contribution in [2.24, 2.45) is 11.7 Å². The molecule has 0 saturated carbocycles. The van der Waals surface area contributed by atoms with Crippen LogP contribution in [0.15, 0.2) is 18.3 Å². The first-order valence-corrected chi connectivity index (χ1v) is 9.14. The van der Waals surface area contributed by atoms with Crippen LogP contribution in [0, 0.1) is 17.8 Å². The Kier molecular flexibility index (Phi) is 4.15. The third-order valence-corrected chi connectivity index (χ3v) is 5.93. The van der Waals surface area contributed by atoms with Crippen molar-refractivity contribution in [3.8, 4) is 11.8 Å². The molecule has 2 aromatic heterocycles. The van der Waals surface area contributed by atoms with Crippen LogP contribution in [-0.4, -0.2) is 47.4 Å². The summed E-state index contributed by atoms with van der Waals surface area (Å²) in [4.78, 5) is 30.8. The topological polar surface area (TPSA) is 88.3 Å². The van der Waals surface area contributed by atoms with Gasteiger partial charge in [0.15, 0.2) is 0 Å². The number of carbonyl (C=O) groups excluding carboxylic acids is 2. The number of fused-ring (bicyclic) bond motifs is 4. The molecule has 25 heavy (non-hydrogen) atoms. The van der Waals surface area contributed by atoms with E-state index in [-0.39, 0.29) is 11.9 Å². The molecule has 3 aliphatic heterocycles. The van der Waals surface area contributed by atoms with Crippen molar-refractivity contribution in [2.45, 2.75) is 18.9 Å². The Morgan fingerprint density at radius 2 is 2.12 bits per heavy atom. The fraction of sp³-hybridized carbons (Fsp3) is 0.389. The first kappa shape index (κ1) is 16.1. The van der Waals surface area contributed by atoms with E-state index >= 15 is 0 Å². The number of nitrogens with zero attached hydrogens (tertiary/aromatic N) is 2. The number of carbonyl (C=O) groups is 2. The van der Waals surface area contributed by atoms with E-state index in [1.165, 1.54) is 11.3 Å². The quantitative estimate of drug-likeness (QED) is 0.786. The standard InChI is InChI=1S/C18H18N4O2S/c19-17(23)2-1-13-7-12-9-20-14(8-16(12)25-13)18(24)21-15-10-22-5-3-11(15)4-6-22/h7-9,11,15H,3-6,10H2,(H2,19,23)(H,21,24). The molecule has 1 unspecified atom stereocenters. The van der Waals surface area contributed by atoms with Crippen LogP contribution in [0.25, 0.3) is 10.1 Å². The lowest BCUT2D eigenvalue weighted by atomic mass is 9.84. The van der Waals surface area contributed by atoms with E-state index in [1.54, 1.807) is 12.3 Å². The summed E-state index contributed by atoms with van der Waals surface area (Å²) in [5, 5.41) is 4.05. The highest BCUT2D eigenvalue weighted by Crippen LogP contribution is 2.28. The molecule has 7 heteroatoms. The van der Waals surface area contributed by atoms with Crippen molar-refractivity contribution < 1.29 is 9.59 Å². The summed E-state index contributed by atoms with van der Waals surface area (Å²) in [6.45, 7) is 3.22. The number of thiophene rings is 1. The lowest BCUT2D eigenvalue weighted by Crippen LogP contribution is -2.57. The summed E-state index contributed by atoms with van der Waals surface area (Å²) in [6.07, 6.45) is 3.99. The number of hydrogen-bond donors (Lipinski definition) is 2. The third kappa shape index (κ3) is 3.36. The highest BCUT2D eigenvalue weighted by Gasteiger charge is 2.35. The second kappa shape index (κ2) is 6.47. The van der Waals surface area contributed by atoms with E-state index in [2.05, 4.69) is 27.0 Å². The Labute approximate surface area is 149 Å². The summed E-state index contributed by atoms with van der Waals surface area (Å²) in [5.41, 5.74) is 5.45. The van der Waals surface area contributed by atoms with Crippen LogP contribution >= 0.6 is 11.3 Å². The van der Waals surface area contributed by atoms with Crippen LogP contribution < -0.4 is 11.1 Å². The van der Waals surface area contributed by atoms with Crippen LogP contribution in [-0.2, 0) is 4.79 Å². The normalized spacial score (nSPS) is 24.6. The van der Waals surface area contributed by atoms with E-state index < -0.39 is 5.91 Å². The zero-order chi connectivity index (χ0) is 17.4. The molecule has 0 radical (unpaired) electrons. The van der Waals surface area contributed by atoms with Gasteiger partial charge in [0.25, 0.3) is 11.8 Å². The molecular weight excluding hydrogens is 336 g/mol. The maximum Gasteiger partial charge on any atom is 0.293 e. The maximum absolute atomic E-state index is 12.6. The van der Waals surface area contributed by atoms with E-state index in [0.717, 1.165) is 47.4 Å². The summed E-state index contributed by atoms with van der Waals surface area (Å²) in [6, 6.07) is 3.84. The average Bonchev–Trinajstić information content (AvgIpc) is 3.03. The van der Waals surface area contributed by atoms with Crippen molar-refractivity contribution in [3.63, 3.8) is 0 Å². The number of nitrogens with two attached hydrogens (primary N) is 1. The lowest BCUT2D eigenvalue weighted by Gasteiger charge is -2.44. The van der Waals surface area contributed by atoms with Gasteiger partial charge in [-0.05, 0) is 49.9 Å². The number of pyridine rings is 1. The summed E-state index contributed by atoms with van der Waals surface area (Å²) in [5.74, 6) is 4.84. The number of hydrogen-bond acceptors (Lipinski definition) is 5. The van der Waals surface area contributed by atoms with Gasteiger partial charge in [-0.15, -0.1) is 11.3 Å². The number of aromatic nitrogens is 1. The van der Waals surface area contributed by atoms with Crippen molar-refractivity contribution in [2.75, 3.05) is 19.6 Å². The minimum absolute atomic E-state index is 0.126. The van der Waals surface area contributed by atoms with Crippen molar-refractivity contribution in [3.05, 3.63) is 28.9 Å². The second-order valence-electron chi connectivity index (χ2n) is 6.55. The van der Waals surface area contributed by atoms with E-state index in [0.29, 0.717) is 11.6 Å². The molecule has 1 atom stereocenters. The SMILES string of the molecule is NC(=O)C#Cc1cc2cnc(C(=O)NC3CN4CCC3CC4)cc2s1. The molecule has 6 nitrogen and oxygen atoms in total. The molecule has 0 spiro atoms. The highest BCUT2D eigenvalue weighted by molar-refractivity contribution is 7.19. The fourth-order valence-electron chi connectivity index (χ4n) is 3.61. The predicted octanol–water partition coefficient (Wildman–Crippen LogP) is 0.957. The van der Waals surface area contributed by atoms with Gasteiger partial charge in [-0.25, -0.2) is 0 Å². The lowest BCUT2D eigenvalue weighted by molar-refractivity contribution is -0.112. The van der Waals surface area contributed by atoms with Gasteiger partial charge in [-0.2, -0.15) is 0 Å². The van der Waals surface area contributed by atoms with Gasteiger partial charge in [0.05, 0.1) is 4.88 Å². The molecule has 2 bridgehead atoms. The molecule has 2 aromatic rings. The fourth-order valence-corrected chi connectivity index (χ4v) is 4.54. The Bertz CT molecular complexity index is 903. The first-order valence-electron chi connectivity index (χ1n) is 8.33. The largest absolute Gasteiger partial charge is 0.359 e. The number of piperidine rings is 3. The molecule has 128 valence electrons. The third-order valence-electron chi connectivity index (χ3n) is 4.92. The van der Waals surface area contributed by atoms with Gasteiger partial charge in [0, 0.05) is 34.8 Å². The van der Waals surface area contributed by atoms with Gasteiger partial charge < -0.3 is 16.0 Å². The first-order chi connectivity index (χ1) is 12.1.